The highest BCUT2D eigenvalue weighted by Gasteiger charge is 2.23. The van der Waals surface area contributed by atoms with Gasteiger partial charge in [-0.15, -0.1) is 24.8 Å². The first-order valence-corrected chi connectivity index (χ1v) is 9.90. The zero-order valence-corrected chi connectivity index (χ0v) is 18.3. The van der Waals surface area contributed by atoms with E-state index in [-0.39, 0.29) is 24.8 Å². The highest BCUT2D eigenvalue weighted by Crippen LogP contribution is 2.34. The van der Waals surface area contributed by atoms with Gasteiger partial charge in [-0.2, -0.15) is 0 Å². The first-order valence-electron chi connectivity index (χ1n) is 9.90. The van der Waals surface area contributed by atoms with Crippen LogP contribution in [0.25, 0.3) is 11.3 Å². The Hall–Kier alpha value is -1.49. The Bertz CT molecular complexity index is 759. The molecular formula is C22H31Cl2N3O. The summed E-state index contributed by atoms with van der Waals surface area (Å²) in [5.41, 5.74) is 3.48. The van der Waals surface area contributed by atoms with Crippen molar-refractivity contribution in [2.75, 3.05) is 37.7 Å². The van der Waals surface area contributed by atoms with Gasteiger partial charge >= 0.3 is 0 Å². The van der Waals surface area contributed by atoms with Gasteiger partial charge in [-0.05, 0) is 60.6 Å². The van der Waals surface area contributed by atoms with Gasteiger partial charge in [0.15, 0.2) is 0 Å². The van der Waals surface area contributed by atoms with Crippen LogP contribution in [0.3, 0.4) is 0 Å². The maximum absolute atomic E-state index is 6.10. The first kappa shape index (κ1) is 22.8. The Morgan fingerprint density at radius 3 is 2.54 bits per heavy atom. The Kier molecular flexibility index (Phi) is 8.41. The van der Waals surface area contributed by atoms with Gasteiger partial charge in [0.05, 0.1) is 12.3 Å². The van der Waals surface area contributed by atoms with E-state index in [9.17, 15) is 0 Å². The van der Waals surface area contributed by atoms with Crippen molar-refractivity contribution in [2.45, 2.75) is 32.6 Å². The van der Waals surface area contributed by atoms with Crippen molar-refractivity contribution in [3.05, 3.63) is 42.0 Å². The van der Waals surface area contributed by atoms with E-state index in [0.29, 0.717) is 5.92 Å². The maximum Gasteiger partial charge on any atom is 0.129 e. The molecule has 0 atom stereocenters. The van der Waals surface area contributed by atoms with Crippen LogP contribution >= 0.6 is 24.8 Å². The third-order valence-electron chi connectivity index (χ3n) is 5.27. The zero-order valence-electron chi connectivity index (χ0n) is 16.7. The van der Waals surface area contributed by atoms with Crippen LogP contribution in [0.5, 0.6) is 5.75 Å². The number of piperazine rings is 1. The van der Waals surface area contributed by atoms with Crippen molar-refractivity contribution in [1.29, 1.82) is 0 Å². The molecule has 2 fully saturated rings. The van der Waals surface area contributed by atoms with Crippen molar-refractivity contribution in [1.82, 2.24) is 10.3 Å². The predicted octanol–water partition coefficient (Wildman–Crippen LogP) is 4.91. The maximum atomic E-state index is 6.10. The summed E-state index contributed by atoms with van der Waals surface area (Å²) in [4.78, 5) is 7.30. The molecule has 1 N–H and O–H groups in total. The summed E-state index contributed by atoms with van der Waals surface area (Å²) in [6.45, 7) is 9.40. The van der Waals surface area contributed by atoms with Gasteiger partial charge in [0, 0.05) is 31.7 Å². The van der Waals surface area contributed by atoms with E-state index in [1.54, 1.807) is 0 Å². The predicted molar refractivity (Wildman–Crippen MR) is 122 cm³/mol. The smallest absolute Gasteiger partial charge is 0.129 e. The van der Waals surface area contributed by atoms with Gasteiger partial charge in [0.2, 0.25) is 0 Å². The molecule has 6 heteroatoms. The second-order valence-corrected chi connectivity index (χ2v) is 7.78. The lowest BCUT2D eigenvalue weighted by Gasteiger charge is -2.28. The normalized spacial score (nSPS) is 16.3. The minimum atomic E-state index is 0. The van der Waals surface area contributed by atoms with Crippen molar-refractivity contribution < 1.29 is 4.74 Å². The molecule has 1 saturated carbocycles. The van der Waals surface area contributed by atoms with Crippen molar-refractivity contribution >= 4 is 30.6 Å². The molecule has 4 nitrogen and oxygen atoms in total. The van der Waals surface area contributed by atoms with Gasteiger partial charge in [-0.1, -0.05) is 19.9 Å². The van der Waals surface area contributed by atoms with Crippen molar-refractivity contribution in [3.8, 4) is 17.0 Å². The van der Waals surface area contributed by atoms with E-state index < -0.39 is 0 Å². The number of rotatable bonds is 6. The van der Waals surface area contributed by atoms with E-state index in [1.807, 2.05) is 0 Å². The minimum Gasteiger partial charge on any atom is -0.493 e. The number of nitrogens with zero attached hydrogens (tertiary/aromatic N) is 2. The minimum absolute atomic E-state index is 0. The average Bonchev–Trinajstić information content (AvgIpc) is 3.51. The molecule has 1 aromatic carbocycles. The van der Waals surface area contributed by atoms with Crippen LogP contribution in [0.4, 0.5) is 5.82 Å². The van der Waals surface area contributed by atoms with Crippen LogP contribution in [0.2, 0.25) is 0 Å². The van der Waals surface area contributed by atoms with Crippen LogP contribution in [0.15, 0.2) is 36.4 Å². The molecule has 0 radical (unpaired) electrons. The highest BCUT2D eigenvalue weighted by molar-refractivity contribution is 5.85. The number of nitrogens with one attached hydrogen (secondary N) is 1. The molecule has 0 spiro atoms. The summed E-state index contributed by atoms with van der Waals surface area (Å²) in [6.07, 6.45) is 2.63. The molecule has 1 aliphatic carbocycles. The summed E-state index contributed by atoms with van der Waals surface area (Å²) in [6, 6.07) is 12.9. The fraction of sp³-hybridized carbons (Fsp3) is 0.500. The molecule has 4 rings (SSSR count). The monoisotopic (exact) mass is 423 g/mol. The topological polar surface area (TPSA) is 37.4 Å². The van der Waals surface area contributed by atoms with Crippen molar-refractivity contribution in [2.24, 2.45) is 5.92 Å². The standard InChI is InChI=1S/C22H29N3O.2ClH/c1-16(2)19-14-18(8-9-21(19)26-15-17-6-7-17)20-4-3-5-22(24-20)25-12-10-23-11-13-25;;/h3-5,8-9,14,16-17,23H,6-7,10-13,15H2,1-2H3;2*1H. The highest BCUT2D eigenvalue weighted by atomic mass is 35.5. The number of hydrogen-bond acceptors (Lipinski definition) is 4. The van der Waals surface area contributed by atoms with Gasteiger partial charge in [-0.3, -0.25) is 0 Å². The third-order valence-corrected chi connectivity index (χ3v) is 5.27. The number of pyridine rings is 1. The lowest BCUT2D eigenvalue weighted by molar-refractivity contribution is 0.296. The fourth-order valence-electron chi connectivity index (χ4n) is 3.44. The molecule has 1 aromatic heterocycles. The summed E-state index contributed by atoms with van der Waals surface area (Å²) in [5.74, 6) is 3.31. The second-order valence-electron chi connectivity index (χ2n) is 7.78. The van der Waals surface area contributed by atoms with Gasteiger partial charge in [-0.25, -0.2) is 4.98 Å². The first-order chi connectivity index (χ1) is 12.7. The number of benzene rings is 1. The van der Waals surface area contributed by atoms with Crippen LogP contribution in [-0.4, -0.2) is 37.8 Å². The van der Waals surface area contributed by atoms with Gasteiger partial charge in [0.1, 0.15) is 11.6 Å². The molecule has 0 unspecified atom stereocenters. The Labute approximate surface area is 180 Å². The number of halogens is 2. The van der Waals surface area contributed by atoms with Crippen molar-refractivity contribution in [3.63, 3.8) is 0 Å². The average molecular weight is 424 g/mol. The van der Waals surface area contributed by atoms with E-state index in [4.69, 9.17) is 9.72 Å². The van der Waals surface area contributed by atoms with Crippen LogP contribution in [0.1, 0.15) is 38.2 Å². The van der Waals surface area contributed by atoms with Crippen LogP contribution < -0.4 is 15.0 Å². The third kappa shape index (κ3) is 5.53. The molecule has 28 heavy (non-hydrogen) atoms. The summed E-state index contributed by atoms with van der Waals surface area (Å²) < 4.78 is 6.10. The van der Waals surface area contributed by atoms with E-state index in [2.05, 4.69) is 60.5 Å². The fourth-order valence-corrected chi connectivity index (χ4v) is 3.44. The molecule has 154 valence electrons. The largest absolute Gasteiger partial charge is 0.493 e. The summed E-state index contributed by atoms with van der Waals surface area (Å²) >= 11 is 0. The Balaban J connectivity index is 0.00000140. The lowest BCUT2D eigenvalue weighted by Crippen LogP contribution is -2.43. The quantitative estimate of drug-likeness (QED) is 0.715. The molecular weight excluding hydrogens is 393 g/mol. The molecule has 2 aliphatic rings. The van der Waals surface area contributed by atoms with Crippen LogP contribution in [-0.2, 0) is 0 Å². The molecule has 0 amide bonds. The second kappa shape index (κ2) is 10.3. The molecule has 1 aliphatic heterocycles. The van der Waals surface area contributed by atoms with Gasteiger partial charge < -0.3 is 15.0 Å². The van der Waals surface area contributed by atoms with E-state index in [1.165, 1.54) is 24.0 Å². The number of aromatic nitrogens is 1. The SMILES string of the molecule is CC(C)c1cc(-c2cccc(N3CCNCC3)n2)ccc1OCC1CC1.Cl.Cl. The Morgan fingerprint density at radius 1 is 1.11 bits per heavy atom. The number of ether oxygens (including phenoxy) is 1. The molecule has 2 aromatic rings. The summed E-state index contributed by atoms with van der Waals surface area (Å²) in [5, 5.41) is 3.40. The summed E-state index contributed by atoms with van der Waals surface area (Å²) in [7, 11) is 0. The van der Waals surface area contributed by atoms with Crippen LogP contribution in [0, 0.1) is 5.92 Å². The Morgan fingerprint density at radius 2 is 1.86 bits per heavy atom. The zero-order chi connectivity index (χ0) is 17.9. The molecule has 2 heterocycles. The number of anilines is 1. The molecule has 1 saturated heterocycles. The van der Waals surface area contributed by atoms with Gasteiger partial charge in [0.25, 0.3) is 0 Å². The van der Waals surface area contributed by atoms with E-state index in [0.717, 1.165) is 56.0 Å². The lowest BCUT2D eigenvalue weighted by atomic mass is 9.98. The number of hydrogen-bond donors (Lipinski definition) is 1. The van der Waals surface area contributed by atoms with E-state index >= 15 is 0 Å². The molecule has 0 bridgehead atoms.